The van der Waals surface area contributed by atoms with Gasteiger partial charge in [0.2, 0.25) is 0 Å². The number of carbonyl (C=O) groups is 4. The van der Waals surface area contributed by atoms with Crippen molar-refractivity contribution in [2.45, 2.75) is 276 Å². The fraction of sp³-hybridized carbons (Fsp3) is 0.692. The number of carbonyl (C=O) groups excluding carboxylic acids is 3. The summed E-state index contributed by atoms with van der Waals surface area (Å²) in [6, 6.07) is 0. The van der Waals surface area contributed by atoms with Gasteiger partial charge < -0.3 is 39.0 Å². The fourth-order valence-electron chi connectivity index (χ4n) is 8.54. The summed E-state index contributed by atoms with van der Waals surface area (Å²) in [5, 5.41) is 31.5. The summed E-state index contributed by atoms with van der Waals surface area (Å²) >= 11 is 0. The number of rotatable bonds is 50. The molecule has 1 saturated heterocycles. The first-order valence-electron chi connectivity index (χ1n) is 30.2. The minimum Gasteiger partial charge on any atom is -0.479 e. The van der Waals surface area contributed by atoms with E-state index in [1.807, 2.05) is 0 Å². The second kappa shape index (κ2) is 52.3. The van der Waals surface area contributed by atoms with Crippen LogP contribution in [0.25, 0.3) is 0 Å². The van der Waals surface area contributed by atoms with Crippen LogP contribution >= 0.6 is 0 Å². The Balaban J connectivity index is 2.69. The van der Waals surface area contributed by atoms with Crippen molar-refractivity contribution in [1.82, 2.24) is 0 Å². The van der Waals surface area contributed by atoms with Crippen LogP contribution in [0, 0.1) is 0 Å². The van der Waals surface area contributed by atoms with Crippen LogP contribution in [0.3, 0.4) is 0 Å². The largest absolute Gasteiger partial charge is 0.479 e. The molecule has 0 saturated carbocycles. The Morgan fingerprint density at radius 2 is 0.818 bits per heavy atom. The Morgan fingerprint density at radius 1 is 0.442 bits per heavy atom. The number of carboxylic acids is 1. The van der Waals surface area contributed by atoms with Gasteiger partial charge in [-0.3, -0.25) is 14.4 Å². The van der Waals surface area contributed by atoms with Crippen LogP contribution in [0.1, 0.15) is 239 Å². The van der Waals surface area contributed by atoms with Gasteiger partial charge in [-0.2, -0.15) is 0 Å². The van der Waals surface area contributed by atoms with Gasteiger partial charge in [0.1, 0.15) is 18.8 Å². The number of esters is 3. The molecule has 6 unspecified atom stereocenters. The van der Waals surface area contributed by atoms with Gasteiger partial charge in [-0.05, 0) is 116 Å². The molecule has 0 aromatic rings. The Kier molecular flexibility index (Phi) is 48.0. The maximum absolute atomic E-state index is 13.1. The van der Waals surface area contributed by atoms with Crippen LogP contribution in [0.15, 0.2) is 97.2 Å². The van der Waals surface area contributed by atoms with Crippen molar-refractivity contribution in [3.8, 4) is 0 Å². The molecule has 12 nitrogen and oxygen atoms in total. The minimum absolute atomic E-state index is 0.0464. The predicted octanol–water partition coefficient (Wildman–Crippen LogP) is 15.7. The number of unbranched alkanes of at least 4 members (excludes halogenated alkanes) is 20. The molecule has 0 aromatic carbocycles. The highest BCUT2D eigenvalue weighted by Gasteiger charge is 2.50. The van der Waals surface area contributed by atoms with E-state index in [0.29, 0.717) is 19.3 Å². The minimum atomic E-state index is -1.92. The van der Waals surface area contributed by atoms with Crippen LogP contribution in [0.5, 0.6) is 0 Å². The molecule has 0 amide bonds. The van der Waals surface area contributed by atoms with Gasteiger partial charge in [0, 0.05) is 19.3 Å². The molecule has 6 atom stereocenters. The molecule has 0 radical (unpaired) electrons. The third kappa shape index (κ3) is 42.3. The number of carboxylic acid groups (broad SMARTS) is 1. The Hall–Kier alpha value is -4.36. The summed E-state index contributed by atoms with van der Waals surface area (Å²) < 4.78 is 28.4. The molecule has 12 heteroatoms. The van der Waals surface area contributed by atoms with E-state index in [2.05, 4.69) is 118 Å². The third-order valence-electron chi connectivity index (χ3n) is 13.1. The number of allylic oxidation sites excluding steroid dienone is 16. The van der Waals surface area contributed by atoms with Gasteiger partial charge in [-0.15, -0.1) is 0 Å². The summed E-state index contributed by atoms with van der Waals surface area (Å²) in [6.07, 6.45) is 56.6. The Bertz CT molecular complexity index is 1710. The molecule has 0 aromatic heterocycles. The van der Waals surface area contributed by atoms with Crippen LogP contribution in [0.2, 0.25) is 0 Å². The van der Waals surface area contributed by atoms with E-state index < -0.39 is 67.3 Å². The third-order valence-corrected chi connectivity index (χ3v) is 13.1. The zero-order valence-electron chi connectivity index (χ0n) is 48.2. The fourth-order valence-corrected chi connectivity index (χ4v) is 8.54. The number of ether oxygens (including phenoxy) is 5. The molecular weight excluding hydrogens is 973 g/mol. The van der Waals surface area contributed by atoms with E-state index >= 15 is 0 Å². The maximum Gasteiger partial charge on any atom is 0.335 e. The van der Waals surface area contributed by atoms with E-state index in [0.717, 1.165) is 128 Å². The number of aliphatic carboxylic acids is 1. The summed E-state index contributed by atoms with van der Waals surface area (Å²) in [6.45, 7) is 5.70. The summed E-state index contributed by atoms with van der Waals surface area (Å²) in [5.74, 6) is -3.19. The molecule has 1 fully saturated rings. The lowest BCUT2D eigenvalue weighted by molar-refractivity contribution is -0.301. The lowest BCUT2D eigenvalue weighted by atomic mass is 9.98. The lowest BCUT2D eigenvalue weighted by Gasteiger charge is -2.40. The Morgan fingerprint density at radius 3 is 1.26 bits per heavy atom. The number of aliphatic hydroxyl groups is 2. The monoisotopic (exact) mass is 1080 g/mol. The van der Waals surface area contributed by atoms with Crippen molar-refractivity contribution in [2.75, 3.05) is 13.2 Å². The second-order valence-electron chi connectivity index (χ2n) is 20.2. The van der Waals surface area contributed by atoms with Crippen molar-refractivity contribution in [3.63, 3.8) is 0 Å². The molecule has 1 heterocycles. The van der Waals surface area contributed by atoms with Crippen LogP contribution in [0.4, 0.5) is 0 Å². The van der Waals surface area contributed by atoms with Gasteiger partial charge in [0.25, 0.3) is 0 Å². The summed E-state index contributed by atoms with van der Waals surface area (Å²) in [4.78, 5) is 51.1. The lowest BCUT2D eigenvalue weighted by Crippen LogP contribution is -2.61. The van der Waals surface area contributed by atoms with Crippen LogP contribution in [-0.2, 0) is 42.9 Å². The quantitative estimate of drug-likeness (QED) is 0.0228. The highest BCUT2D eigenvalue weighted by Crippen LogP contribution is 2.26. The molecule has 1 aliphatic heterocycles. The van der Waals surface area contributed by atoms with E-state index in [1.54, 1.807) is 0 Å². The smallest absolute Gasteiger partial charge is 0.335 e. The van der Waals surface area contributed by atoms with Gasteiger partial charge in [-0.1, -0.05) is 201 Å². The molecule has 0 aliphatic carbocycles. The normalized spacial score (nSPS) is 18.7. The molecule has 0 spiro atoms. The average Bonchev–Trinajstić information content (AvgIpc) is 3.42. The predicted molar refractivity (Wildman–Crippen MR) is 312 cm³/mol. The topological polar surface area (TPSA) is 175 Å². The number of aliphatic hydroxyl groups excluding tert-OH is 2. The van der Waals surface area contributed by atoms with Gasteiger partial charge in [0.15, 0.2) is 24.6 Å². The van der Waals surface area contributed by atoms with Crippen molar-refractivity contribution in [3.05, 3.63) is 97.2 Å². The standard InChI is InChI=1S/C65H106O12/c1-4-7-10-13-16-19-22-25-27-28-29-30-32-35-38-41-44-47-50-53-59(68)76-63-61(70)60(69)62(64(71)72)77-65(63)74-55-56(75-58(67)52-49-46-43-40-37-33-24-21-18-15-12-9-6-3)54-73-57(66)51-48-45-42-39-36-34-31-26-23-20-17-14-11-8-5-2/h8-9,11-12,16-21,25-27,31,33,37,56,60-63,65,69-70H,4-7,10,13-15,22-24,28-30,32,34-36,38-55H2,1-3H3,(H,71,72)/b11-8-,12-9-,19-16-,20-17-,21-18-,27-25-,31-26-,37-33-. The average molecular weight is 1080 g/mol. The SMILES string of the molecule is CC/C=C\C/C=C\C/C=C\CCCCCCCC(=O)OCC(COC1OC(C(=O)O)C(O)C(O)C1OC(=O)CCCCCCCCCCC/C=C\C/C=C\CCCCC)OC(=O)CCCCC/C=C\C/C=C\C/C=C\CC. The van der Waals surface area contributed by atoms with Gasteiger partial charge in [-0.25, -0.2) is 4.79 Å². The van der Waals surface area contributed by atoms with Crippen molar-refractivity contribution in [2.24, 2.45) is 0 Å². The van der Waals surface area contributed by atoms with Crippen molar-refractivity contribution < 1.29 is 58.2 Å². The molecule has 3 N–H and O–H groups in total. The molecule has 1 rings (SSSR count). The second-order valence-corrected chi connectivity index (χ2v) is 20.2. The molecule has 0 bridgehead atoms. The summed E-state index contributed by atoms with van der Waals surface area (Å²) in [5.41, 5.74) is 0. The number of hydrogen-bond donors (Lipinski definition) is 3. The first kappa shape index (κ1) is 70.7. The van der Waals surface area contributed by atoms with Gasteiger partial charge >= 0.3 is 23.9 Å². The summed E-state index contributed by atoms with van der Waals surface area (Å²) in [7, 11) is 0. The maximum atomic E-state index is 13.1. The molecule has 1 aliphatic rings. The van der Waals surface area contributed by atoms with E-state index in [4.69, 9.17) is 23.7 Å². The zero-order chi connectivity index (χ0) is 56.1. The first-order chi connectivity index (χ1) is 37.6. The van der Waals surface area contributed by atoms with E-state index in [9.17, 15) is 34.5 Å². The van der Waals surface area contributed by atoms with Crippen molar-refractivity contribution in [1.29, 1.82) is 0 Å². The zero-order valence-corrected chi connectivity index (χ0v) is 48.2. The van der Waals surface area contributed by atoms with E-state index in [1.165, 1.54) is 51.4 Å². The van der Waals surface area contributed by atoms with Crippen LogP contribution in [-0.4, -0.2) is 89.2 Å². The highest BCUT2D eigenvalue weighted by molar-refractivity contribution is 5.74. The molecule has 77 heavy (non-hydrogen) atoms. The van der Waals surface area contributed by atoms with Crippen LogP contribution < -0.4 is 0 Å². The van der Waals surface area contributed by atoms with E-state index in [-0.39, 0.29) is 25.9 Å². The van der Waals surface area contributed by atoms with Crippen molar-refractivity contribution >= 4 is 23.9 Å². The number of hydrogen-bond acceptors (Lipinski definition) is 11. The van der Waals surface area contributed by atoms with Gasteiger partial charge in [0.05, 0.1) is 6.61 Å². The Labute approximate surface area is 466 Å². The first-order valence-corrected chi connectivity index (χ1v) is 30.2. The molecule has 438 valence electrons. The highest BCUT2D eigenvalue weighted by atomic mass is 16.7. The molecular formula is C65H106O12.